The van der Waals surface area contributed by atoms with Gasteiger partial charge < -0.3 is 10.4 Å². The Kier molecular flexibility index (Phi) is 4.14. The minimum Gasteiger partial charge on any atom is -0.481 e. The van der Waals surface area contributed by atoms with Gasteiger partial charge in [0, 0.05) is 11.9 Å². The summed E-state index contributed by atoms with van der Waals surface area (Å²) in [7, 11) is 0. The topological polar surface area (TPSA) is 95.1 Å². The number of benzene rings is 1. The summed E-state index contributed by atoms with van der Waals surface area (Å²) < 4.78 is 0. The molecule has 104 valence electrons. The van der Waals surface area contributed by atoms with Crippen molar-refractivity contribution in [3.63, 3.8) is 0 Å². The van der Waals surface area contributed by atoms with Crippen molar-refractivity contribution in [3.8, 4) is 0 Å². The third-order valence-electron chi connectivity index (χ3n) is 2.98. The summed E-state index contributed by atoms with van der Waals surface area (Å²) in [5.41, 5.74) is 2.03. The number of carboxylic acids is 1. The number of hydrogen-bond acceptors (Lipinski definition) is 3. The standard InChI is InChI=1S/C14H15N3O3/c1-9(6-13(18)19)10-2-4-12(5-3-10)17-14(20)11-7-15-16-8-11/h2-5,7-9H,6H2,1H3,(H,15,16)(H,17,20)(H,18,19). The van der Waals surface area contributed by atoms with Crippen molar-refractivity contribution in [2.45, 2.75) is 19.3 Å². The lowest BCUT2D eigenvalue weighted by Gasteiger charge is -2.10. The van der Waals surface area contributed by atoms with Gasteiger partial charge in [-0.25, -0.2) is 0 Å². The number of aromatic nitrogens is 2. The Morgan fingerprint density at radius 2 is 2.05 bits per heavy atom. The third kappa shape index (κ3) is 3.44. The molecule has 1 aromatic carbocycles. The van der Waals surface area contributed by atoms with Crippen LogP contribution in [0.3, 0.4) is 0 Å². The van der Waals surface area contributed by atoms with Crippen LogP contribution in [-0.2, 0) is 4.79 Å². The fourth-order valence-electron chi connectivity index (χ4n) is 1.85. The van der Waals surface area contributed by atoms with Gasteiger partial charge in [-0.15, -0.1) is 0 Å². The molecule has 1 aromatic heterocycles. The Balaban J connectivity index is 2.01. The van der Waals surface area contributed by atoms with E-state index in [1.165, 1.54) is 12.4 Å². The van der Waals surface area contributed by atoms with Crippen LogP contribution in [0.1, 0.15) is 35.2 Å². The van der Waals surface area contributed by atoms with Gasteiger partial charge in [0.25, 0.3) is 5.91 Å². The highest BCUT2D eigenvalue weighted by atomic mass is 16.4. The van der Waals surface area contributed by atoms with E-state index in [4.69, 9.17) is 5.11 Å². The maximum absolute atomic E-state index is 11.8. The van der Waals surface area contributed by atoms with Crippen LogP contribution in [0.25, 0.3) is 0 Å². The Hall–Kier alpha value is -2.63. The summed E-state index contributed by atoms with van der Waals surface area (Å²) in [5, 5.41) is 17.8. The zero-order chi connectivity index (χ0) is 14.5. The summed E-state index contributed by atoms with van der Waals surface area (Å²) in [6.45, 7) is 1.85. The fraction of sp³-hybridized carbons (Fsp3) is 0.214. The molecule has 0 aliphatic heterocycles. The van der Waals surface area contributed by atoms with Crippen LogP contribution < -0.4 is 5.32 Å². The van der Waals surface area contributed by atoms with Gasteiger partial charge in [0.2, 0.25) is 0 Å². The number of nitrogens with zero attached hydrogens (tertiary/aromatic N) is 1. The van der Waals surface area contributed by atoms with Gasteiger partial charge in [0.05, 0.1) is 18.2 Å². The first-order valence-electron chi connectivity index (χ1n) is 6.18. The Labute approximate surface area is 115 Å². The highest BCUT2D eigenvalue weighted by Crippen LogP contribution is 2.21. The highest BCUT2D eigenvalue weighted by molar-refractivity contribution is 6.03. The van der Waals surface area contributed by atoms with Gasteiger partial charge in [0.1, 0.15) is 0 Å². The molecule has 6 nitrogen and oxygen atoms in total. The van der Waals surface area contributed by atoms with Gasteiger partial charge in [0.15, 0.2) is 0 Å². The molecule has 6 heteroatoms. The third-order valence-corrected chi connectivity index (χ3v) is 2.98. The van der Waals surface area contributed by atoms with Crippen molar-refractivity contribution in [1.29, 1.82) is 0 Å². The van der Waals surface area contributed by atoms with Gasteiger partial charge >= 0.3 is 5.97 Å². The lowest BCUT2D eigenvalue weighted by atomic mass is 9.98. The average molecular weight is 273 g/mol. The molecule has 0 saturated heterocycles. The van der Waals surface area contributed by atoms with Crippen LogP contribution in [0.15, 0.2) is 36.7 Å². The van der Waals surface area contributed by atoms with E-state index in [1.807, 2.05) is 19.1 Å². The number of hydrogen-bond donors (Lipinski definition) is 3. The number of carbonyl (C=O) groups excluding carboxylic acids is 1. The zero-order valence-corrected chi connectivity index (χ0v) is 11.0. The second kappa shape index (κ2) is 6.01. The van der Waals surface area contributed by atoms with Gasteiger partial charge in [-0.1, -0.05) is 19.1 Å². The average Bonchev–Trinajstić information content (AvgIpc) is 2.92. The molecule has 2 aromatic rings. The Bertz CT molecular complexity index is 591. The Morgan fingerprint density at radius 1 is 1.35 bits per heavy atom. The molecule has 3 N–H and O–H groups in total. The molecule has 0 saturated carbocycles. The monoisotopic (exact) mass is 273 g/mol. The van der Waals surface area contributed by atoms with Crippen LogP contribution >= 0.6 is 0 Å². The minimum absolute atomic E-state index is 0.0638. The van der Waals surface area contributed by atoms with Crippen molar-refractivity contribution in [2.24, 2.45) is 0 Å². The molecule has 2 rings (SSSR count). The first-order chi connectivity index (χ1) is 9.56. The molecule has 0 radical (unpaired) electrons. The summed E-state index contributed by atoms with van der Waals surface area (Å²) >= 11 is 0. The number of H-pyrrole nitrogens is 1. The van der Waals surface area contributed by atoms with Crippen LogP contribution in [0.2, 0.25) is 0 Å². The molecular weight excluding hydrogens is 258 g/mol. The van der Waals surface area contributed by atoms with Gasteiger partial charge in [-0.05, 0) is 23.6 Å². The quantitative estimate of drug-likeness (QED) is 0.778. The van der Waals surface area contributed by atoms with Crippen LogP contribution in [0, 0.1) is 0 Å². The molecule has 0 bridgehead atoms. The molecule has 0 spiro atoms. The number of aliphatic carboxylic acids is 1. The number of amides is 1. The van der Waals surface area contributed by atoms with Crippen molar-refractivity contribution in [2.75, 3.05) is 5.32 Å². The van der Waals surface area contributed by atoms with E-state index >= 15 is 0 Å². The first-order valence-corrected chi connectivity index (χ1v) is 6.18. The number of anilines is 1. The van der Waals surface area contributed by atoms with E-state index in [1.54, 1.807) is 12.1 Å². The molecule has 20 heavy (non-hydrogen) atoms. The SMILES string of the molecule is CC(CC(=O)O)c1ccc(NC(=O)c2cn[nH]c2)cc1. The second-order valence-electron chi connectivity index (χ2n) is 4.56. The van der Waals surface area contributed by atoms with Gasteiger partial charge in [-0.3, -0.25) is 14.7 Å². The number of carboxylic acid groups (broad SMARTS) is 1. The van der Waals surface area contributed by atoms with Crippen molar-refractivity contribution in [3.05, 3.63) is 47.8 Å². The lowest BCUT2D eigenvalue weighted by Crippen LogP contribution is -2.11. The predicted molar refractivity (Wildman–Crippen MR) is 73.7 cm³/mol. The largest absolute Gasteiger partial charge is 0.481 e. The smallest absolute Gasteiger partial charge is 0.303 e. The van der Waals surface area contributed by atoms with E-state index in [0.717, 1.165) is 5.56 Å². The summed E-state index contributed by atoms with van der Waals surface area (Å²) in [4.78, 5) is 22.5. The lowest BCUT2D eigenvalue weighted by molar-refractivity contribution is -0.137. The van der Waals surface area contributed by atoms with E-state index in [9.17, 15) is 9.59 Å². The predicted octanol–water partition coefficient (Wildman–Crippen LogP) is 2.24. The van der Waals surface area contributed by atoms with Crippen LogP contribution in [0.4, 0.5) is 5.69 Å². The second-order valence-corrected chi connectivity index (χ2v) is 4.56. The van der Waals surface area contributed by atoms with Crippen LogP contribution in [-0.4, -0.2) is 27.2 Å². The number of rotatable bonds is 5. The first kappa shape index (κ1) is 13.8. The number of nitrogens with one attached hydrogen (secondary N) is 2. The summed E-state index contributed by atoms with van der Waals surface area (Å²) in [6, 6.07) is 7.15. The van der Waals surface area contributed by atoms with E-state index in [2.05, 4.69) is 15.5 Å². The molecular formula is C14H15N3O3. The van der Waals surface area contributed by atoms with E-state index in [-0.39, 0.29) is 18.2 Å². The summed E-state index contributed by atoms with van der Waals surface area (Å²) in [6.07, 6.45) is 3.04. The normalized spacial score (nSPS) is 11.8. The molecule has 0 aliphatic carbocycles. The summed E-state index contributed by atoms with van der Waals surface area (Å²) in [5.74, 6) is -1.13. The molecule has 1 unspecified atom stereocenters. The fourth-order valence-corrected chi connectivity index (χ4v) is 1.85. The van der Waals surface area contributed by atoms with Crippen LogP contribution in [0.5, 0.6) is 0 Å². The van der Waals surface area contributed by atoms with Gasteiger partial charge in [-0.2, -0.15) is 5.10 Å². The molecule has 1 atom stereocenters. The maximum atomic E-state index is 11.8. The van der Waals surface area contributed by atoms with E-state index < -0.39 is 5.97 Å². The van der Waals surface area contributed by atoms with Crippen molar-refractivity contribution >= 4 is 17.6 Å². The highest BCUT2D eigenvalue weighted by Gasteiger charge is 2.11. The molecule has 0 aliphatic rings. The Morgan fingerprint density at radius 3 is 2.60 bits per heavy atom. The molecule has 1 amide bonds. The minimum atomic E-state index is -0.824. The number of aromatic amines is 1. The molecule has 0 fully saturated rings. The maximum Gasteiger partial charge on any atom is 0.303 e. The molecule has 1 heterocycles. The number of carbonyl (C=O) groups is 2. The van der Waals surface area contributed by atoms with E-state index in [0.29, 0.717) is 11.3 Å². The van der Waals surface area contributed by atoms with Crippen molar-refractivity contribution in [1.82, 2.24) is 10.2 Å². The zero-order valence-electron chi connectivity index (χ0n) is 11.0. The van der Waals surface area contributed by atoms with Crippen molar-refractivity contribution < 1.29 is 14.7 Å².